The van der Waals surface area contributed by atoms with Crippen LogP contribution in [0.25, 0.3) is 11.1 Å². The van der Waals surface area contributed by atoms with Crippen molar-refractivity contribution < 1.29 is 8.78 Å². The third kappa shape index (κ3) is 5.57. The lowest BCUT2D eigenvalue weighted by molar-refractivity contribution is 0.141. The molecule has 0 aliphatic carbocycles. The van der Waals surface area contributed by atoms with E-state index in [2.05, 4.69) is 20.1 Å². The first-order chi connectivity index (χ1) is 17.1. The lowest BCUT2D eigenvalue weighted by Gasteiger charge is -2.40. The molecule has 2 aromatic carbocycles. The fraction of sp³-hybridized carbons (Fsp3) is 0.407. The predicted octanol–water partition coefficient (Wildman–Crippen LogP) is 6.14. The number of rotatable bonds is 6. The number of nitrogens with one attached hydrogen (secondary N) is 1. The summed E-state index contributed by atoms with van der Waals surface area (Å²) in [5, 5.41) is 3.80. The number of aromatic nitrogens is 2. The molecule has 0 amide bonds. The molecular weight excluding hydrogens is 468 g/mol. The summed E-state index contributed by atoms with van der Waals surface area (Å²) in [7, 11) is 0. The Bertz CT molecular complexity index is 1120. The van der Waals surface area contributed by atoms with Gasteiger partial charge in [-0.3, -0.25) is 0 Å². The van der Waals surface area contributed by atoms with Gasteiger partial charge in [0.1, 0.15) is 17.5 Å². The zero-order valence-electron chi connectivity index (χ0n) is 19.7. The van der Waals surface area contributed by atoms with Gasteiger partial charge in [-0.2, -0.15) is 4.98 Å². The second-order valence-corrected chi connectivity index (χ2v) is 9.74. The van der Waals surface area contributed by atoms with E-state index in [4.69, 9.17) is 16.6 Å². The number of hydrogen-bond acceptors (Lipinski definition) is 5. The third-order valence-corrected chi connectivity index (χ3v) is 7.33. The van der Waals surface area contributed by atoms with Gasteiger partial charge in [-0.25, -0.2) is 13.8 Å². The van der Waals surface area contributed by atoms with E-state index in [0.717, 1.165) is 37.1 Å². The van der Waals surface area contributed by atoms with Gasteiger partial charge >= 0.3 is 0 Å². The first kappa shape index (κ1) is 23.9. The van der Waals surface area contributed by atoms with Crippen molar-refractivity contribution in [2.24, 2.45) is 0 Å². The molecular formula is C27H30ClF2N5. The highest BCUT2D eigenvalue weighted by molar-refractivity contribution is 6.30. The van der Waals surface area contributed by atoms with Gasteiger partial charge in [-0.1, -0.05) is 36.2 Å². The average molecular weight is 498 g/mol. The van der Waals surface area contributed by atoms with Crippen LogP contribution in [-0.2, 0) is 6.54 Å². The number of anilines is 2. The van der Waals surface area contributed by atoms with E-state index < -0.39 is 11.6 Å². The molecule has 0 bridgehead atoms. The Morgan fingerprint density at radius 3 is 2.29 bits per heavy atom. The molecule has 2 fully saturated rings. The van der Waals surface area contributed by atoms with E-state index in [1.807, 2.05) is 12.1 Å². The normalized spacial score (nSPS) is 17.5. The summed E-state index contributed by atoms with van der Waals surface area (Å²) in [5.74, 6) is 0.00802. The zero-order chi connectivity index (χ0) is 24.2. The zero-order valence-corrected chi connectivity index (χ0v) is 20.4. The lowest BCUT2D eigenvalue weighted by Crippen LogP contribution is -2.47. The van der Waals surface area contributed by atoms with Crippen LogP contribution < -0.4 is 10.2 Å². The Labute approximate surface area is 210 Å². The van der Waals surface area contributed by atoms with Crippen molar-refractivity contribution in [2.75, 3.05) is 36.4 Å². The molecule has 0 saturated carbocycles. The van der Waals surface area contributed by atoms with E-state index in [1.165, 1.54) is 50.6 Å². The van der Waals surface area contributed by atoms with Crippen molar-refractivity contribution in [3.63, 3.8) is 0 Å². The third-order valence-electron chi connectivity index (χ3n) is 7.08. The van der Waals surface area contributed by atoms with Gasteiger partial charge in [-0.05, 0) is 68.6 Å². The van der Waals surface area contributed by atoms with Crippen molar-refractivity contribution in [3.8, 4) is 11.1 Å². The standard InChI is InChI=1S/C27H30ClF2N5/c28-20-9-7-19(8-10-20)22-17-32-27(33-26(22)31-18-23-24(29)5-4-6-25(23)30)35-15-11-21(12-16-35)34-13-2-1-3-14-34/h4-10,17,21H,1-3,11-16,18H2,(H,31,32,33). The van der Waals surface area contributed by atoms with Crippen LogP contribution in [0.4, 0.5) is 20.5 Å². The van der Waals surface area contributed by atoms with Crippen LogP contribution in [0.1, 0.15) is 37.7 Å². The minimum absolute atomic E-state index is 0.0166. The molecule has 0 unspecified atom stereocenters. The summed E-state index contributed by atoms with van der Waals surface area (Å²) < 4.78 is 28.5. The molecule has 5 nitrogen and oxygen atoms in total. The Balaban J connectivity index is 1.37. The summed E-state index contributed by atoms with van der Waals surface area (Å²) in [4.78, 5) is 14.3. The van der Waals surface area contributed by atoms with Crippen LogP contribution in [0.5, 0.6) is 0 Å². The molecule has 0 spiro atoms. The summed E-state index contributed by atoms with van der Waals surface area (Å²) in [5.41, 5.74) is 1.61. The van der Waals surface area contributed by atoms with Crippen molar-refractivity contribution in [1.82, 2.24) is 14.9 Å². The highest BCUT2D eigenvalue weighted by Gasteiger charge is 2.27. The Hall–Kier alpha value is -2.77. The summed E-state index contributed by atoms with van der Waals surface area (Å²) in [6, 6.07) is 11.9. The van der Waals surface area contributed by atoms with Gasteiger partial charge in [0, 0.05) is 48.0 Å². The molecule has 3 heterocycles. The molecule has 2 aliphatic heterocycles. The van der Waals surface area contributed by atoms with Crippen molar-refractivity contribution in [2.45, 2.75) is 44.7 Å². The summed E-state index contributed by atoms with van der Waals surface area (Å²) in [6.07, 6.45) is 7.90. The van der Waals surface area contributed by atoms with Gasteiger partial charge in [0.15, 0.2) is 0 Å². The number of benzene rings is 2. The van der Waals surface area contributed by atoms with Gasteiger partial charge < -0.3 is 15.1 Å². The maximum absolute atomic E-state index is 14.2. The van der Waals surface area contributed by atoms with Gasteiger partial charge in [-0.15, -0.1) is 0 Å². The van der Waals surface area contributed by atoms with Crippen molar-refractivity contribution in [3.05, 3.63) is 70.9 Å². The average Bonchev–Trinajstić information content (AvgIpc) is 2.89. The topological polar surface area (TPSA) is 44.3 Å². The van der Waals surface area contributed by atoms with Crippen LogP contribution in [0.3, 0.4) is 0 Å². The maximum atomic E-state index is 14.2. The van der Waals surface area contributed by atoms with E-state index in [-0.39, 0.29) is 12.1 Å². The lowest BCUT2D eigenvalue weighted by atomic mass is 10.00. The molecule has 35 heavy (non-hydrogen) atoms. The number of piperidine rings is 2. The SMILES string of the molecule is Fc1cccc(F)c1CNc1nc(N2CCC(N3CCCCC3)CC2)ncc1-c1ccc(Cl)cc1. The van der Waals surface area contributed by atoms with Crippen LogP contribution >= 0.6 is 11.6 Å². The minimum atomic E-state index is -0.584. The van der Waals surface area contributed by atoms with Crippen molar-refractivity contribution >= 4 is 23.4 Å². The molecule has 0 atom stereocenters. The molecule has 3 aromatic rings. The molecule has 0 radical (unpaired) electrons. The number of halogens is 3. The first-order valence-electron chi connectivity index (χ1n) is 12.4. The van der Waals surface area contributed by atoms with Crippen LogP contribution in [0, 0.1) is 11.6 Å². The number of nitrogens with zero attached hydrogens (tertiary/aromatic N) is 4. The highest BCUT2D eigenvalue weighted by Crippen LogP contribution is 2.31. The molecule has 1 N–H and O–H groups in total. The van der Waals surface area contributed by atoms with E-state index in [1.54, 1.807) is 18.3 Å². The number of hydrogen-bond donors (Lipinski definition) is 1. The Morgan fingerprint density at radius 1 is 0.914 bits per heavy atom. The van der Waals surface area contributed by atoms with E-state index >= 15 is 0 Å². The van der Waals surface area contributed by atoms with E-state index in [0.29, 0.717) is 22.8 Å². The smallest absolute Gasteiger partial charge is 0.227 e. The largest absolute Gasteiger partial charge is 0.365 e. The van der Waals surface area contributed by atoms with E-state index in [9.17, 15) is 8.78 Å². The Morgan fingerprint density at radius 2 is 1.60 bits per heavy atom. The molecule has 5 rings (SSSR count). The van der Waals surface area contributed by atoms with Crippen LogP contribution in [-0.4, -0.2) is 47.1 Å². The van der Waals surface area contributed by atoms with Gasteiger partial charge in [0.2, 0.25) is 5.95 Å². The molecule has 1 aromatic heterocycles. The monoisotopic (exact) mass is 497 g/mol. The number of likely N-dealkylation sites (tertiary alicyclic amines) is 1. The first-order valence-corrected chi connectivity index (χ1v) is 12.7. The minimum Gasteiger partial charge on any atom is -0.365 e. The van der Waals surface area contributed by atoms with Crippen molar-refractivity contribution in [1.29, 1.82) is 0 Å². The maximum Gasteiger partial charge on any atom is 0.227 e. The Kier molecular flexibility index (Phi) is 7.44. The summed E-state index contributed by atoms with van der Waals surface area (Å²) >= 11 is 6.07. The molecule has 184 valence electrons. The quantitative estimate of drug-likeness (QED) is 0.443. The fourth-order valence-electron chi connectivity index (χ4n) is 5.09. The molecule has 2 saturated heterocycles. The van der Waals surface area contributed by atoms with Crippen LogP contribution in [0.2, 0.25) is 5.02 Å². The van der Waals surface area contributed by atoms with Gasteiger partial charge in [0.25, 0.3) is 0 Å². The molecule has 2 aliphatic rings. The summed E-state index contributed by atoms with van der Waals surface area (Å²) in [6.45, 7) is 4.17. The second kappa shape index (κ2) is 10.9. The predicted molar refractivity (Wildman–Crippen MR) is 137 cm³/mol. The second-order valence-electron chi connectivity index (χ2n) is 9.31. The van der Waals surface area contributed by atoms with Gasteiger partial charge in [0.05, 0.1) is 0 Å². The fourth-order valence-corrected chi connectivity index (χ4v) is 5.21. The molecule has 8 heteroatoms. The van der Waals surface area contributed by atoms with Crippen LogP contribution in [0.15, 0.2) is 48.7 Å². The highest BCUT2D eigenvalue weighted by atomic mass is 35.5.